The number of anilines is 1. The standard InChI is InChI=1S/C17H16ClN5O/c18-13-1-3-14(4-2-13)23-10-12(9-20-23)16-5-7-19-17(21-16)22-8-6-15(24)11-22/h1-5,7,9-10,15,24H,6,8,11H2/t15-/m1/s1. The minimum absolute atomic E-state index is 0.301. The number of benzene rings is 1. The molecule has 1 aromatic carbocycles. The van der Waals surface area contributed by atoms with Crippen molar-refractivity contribution in [2.75, 3.05) is 18.0 Å². The Morgan fingerprint density at radius 2 is 2.00 bits per heavy atom. The molecule has 0 amide bonds. The SMILES string of the molecule is O[C@@H]1CCN(c2nccc(-c3cnn(-c4ccc(Cl)cc4)c3)n2)C1. The zero-order valence-corrected chi connectivity index (χ0v) is 13.6. The molecule has 1 aliphatic rings. The van der Waals surface area contributed by atoms with E-state index in [0.29, 0.717) is 17.5 Å². The van der Waals surface area contributed by atoms with Crippen LogP contribution in [0.4, 0.5) is 5.95 Å². The Labute approximate surface area is 144 Å². The van der Waals surface area contributed by atoms with Gasteiger partial charge in [-0.2, -0.15) is 5.10 Å². The number of aliphatic hydroxyl groups excluding tert-OH is 1. The fraction of sp³-hybridized carbons (Fsp3) is 0.235. The van der Waals surface area contributed by atoms with Crippen LogP contribution in [0.2, 0.25) is 5.02 Å². The van der Waals surface area contributed by atoms with Gasteiger partial charge in [0, 0.05) is 36.1 Å². The molecule has 6 nitrogen and oxygen atoms in total. The van der Waals surface area contributed by atoms with Crippen LogP contribution >= 0.6 is 11.6 Å². The van der Waals surface area contributed by atoms with Gasteiger partial charge in [0.1, 0.15) is 0 Å². The first-order valence-corrected chi connectivity index (χ1v) is 8.14. The van der Waals surface area contributed by atoms with Crippen LogP contribution in [0.15, 0.2) is 48.9 Å². The lowest BCUT2D eigenvalue weighted by Crippen LogP contribution is -2.23. The van der Waals surface area contributed by atoms with Crippen LogP contribution in [-0.4, -0.2) is 44.0 Å². The predicted octanol–water partition coefficient (Wildman–Crippen LogP) is 2.55. The maximum Gasteiger partial charge on any atom is 0.225 e. The molecule has 0 radical (unpaired) electrons. The van der Waals surface area contributed by atoms with Crippen molar-refractivity contribution in [3.8, 4) is 16.9 Å². The Kier molecular flexibility index (Phi) is 3.92. The summed E-state index contributed by atoms with van der Waals surface area (Å²) in [6.45, 7) is 1.35. The first-order chi connectivity index (χ1) is 11.7. The van der Waals surface area contributed by atoms with Gasteiger partial charge in [0.25, 0.3) is 0 Å². The molecule has 0 spiro atoms. The van der Waals surface area contributed by atoms with Gasteiger partial charge in [0.2, 0.25) is 5.95 Å². The summed E-state index contributed by atoms with van der Waals surface area (Å²) in [6.07, 6.45) is 5.89. The fourth-order valence-corrected chi connectivity index (χ4v) is 2.90. The lowest BCUT2D eigenvalue weighted by molar-refractivity contribution is 0.198. The Bertz CT molecular complexity index is 848. The van der Waals surface area contributed by atoms with E-state index in [0.717, 1.165) is 29.9 Å². The van der Waals surface area contributed by atoms with E-state index in [2.05, 4.69) is 15.1 Å². The molecule has 0 saturated carbocycles. The highest BCUT2D eigenvalue weighted by atomic mass is 35.5. The number of β-amino-alcohol motifs (C(OH)–C–C–N with tert-alkyl or cyclic N) is 1. The fourth-order valence-electron chi connectivity index (χ4n) is 2.78. The summed E-state index contributed by atoms with van der Waals surface area (Å²) in [4.78, 5) is 10.9. The maximum atomic E-state index is 9.68. The van der Waals surface area contributed by atoms with Crippen molar-refractivity contribution in [3.05, 3.63) is 53.9 Å². The molecule has 122 valence electrons. The van der Waals surface area contributed by atoms with Crippen LogP contribution in [0, 0.1) is 0 Å². The quantitative estimate of drug-likeness (QED) is 0.793. The average molecular weight is 342 g/mol. The van der Waals surface area contributed by atoms with Crippen LogP contribution in [0.1, 0.15) is 6.42 Å². The van der Waals surface area contributed by atoms with Gasteiger partial charge >= 0.3 is 0 Å². The van der Waals surface area contributed by atoms with Crippen LogP contribution in [0.25, 0.3) is 16.9 Å². The summed E-state index contributed by atoms with van der Waals surface area (Å²) in [5, 5.41) is 14.8. The van der Waals surface area contributed by atoms with Gasteiger partial charge in [-0.05, 0) is 36.8 Å². The van der Waals surface area contributed by atoms with E-state index in [1.165, 1.54) is 0 Å². The molecule has 0 aliphatic carbocycles. The Hall–Kier alpha value is -2.44. The van der Waals surface area contributed by atoms with Crippen molar-refractivity contribution in [1.29, 1.82) is 0 Å². The second kappa shape index (κ2) is 6.22. The van der Waals surface area contributed by atoms with Gasteiger partial charge in [-0.3, -0.25) is 0 Å². The van der Waals surface area contributed by atoms with Crippen molar-refractivity contribution in [2.45, 2.75) is 12.5 Å². The molecule has 1 N–H and O–H groups in total. The summed E-state index contributed by atoms with van der Waals surface area (Å²) >= 11 is 5.92. The van der Waals surface area contributed by atoms with Crippen LogP contribution in [-0.2, 0) is 0 Å². The van der Waals surface area contributed by atoms with Gasteiger partial charge in [0.05, 0.1) is 23.7 Å². The van der Waals surface area contributed by atoms with Crippen molar-refractivity contribution < 1.29 is 5.11 Å². The van der Waals surface area contributed by atoms with Crippen molar-refractivity contribution >= 4 is 17.5 Å². The zero-order valence-electron chi connectivity index (χ0n) is 12.9. The molecule has 1 aliphatic heterocycles. The van der Waals surface area contributed by atoms with Crippen LogP contribution in [0.3, 0.4) is 0 Å². The molecule has 7 heteroatoms. The third-order valence-electron chi connectivity index (χ3n) is 4.06. The van der Waals surface area contributed by atoms with Gasteiger partial charge in [-0.1, -0.05) is 11.6 Å². The highest BCUT2D eigenvalue weighted by Crippen LogP contribution is 2.22. The molecular formula is C17H16ClN5O. The summed E-state index contributed by atoms with van der Waals surface area (Å²) in [5.74, 6) is 0.642. The van der Waals surface area contributed by atoms with E-state index in [-0.39, 0.29) is 6.10 Å². The largest absolute Gasteiger partial charge is 0.391 e. The molecule has 1 saturated heterocycles. The van der Waals surface area contributed by atoms with Gasteiger partial charge in [0.15, 0.2) is 0 Å². The molecular weight excluding hydrogens is 326 g/mol. The number of nitrogens with zero attached hydrogens (tertiary/aromatic N) is 5. The number of aliphatic hydroxyl groups is 1. The third-order valence-corrected chi connectivity index (χ3v) is 4.31. The van der Waals surface area contributed by atoms with Gasteiger partial charge < -0.3 is 10.0 Å². The van der Waals surface area contributed by atoms with E-state index in [9.17, 15) is 5.11 Å². The minimum atomic E-state index is -0.301. The highest BCUT2D eigenvalue weighted by Gasteiger charge is 2.22. The smallest absolute Gasteiger partial charge is 0.225 e. The monoisotopic (exact) mass is 341 g/mol. The van der Waals surface area contributed by atoms with Crippen molar-refractivity contribution in [2.24, 2.45) is 0 Å². The third kappa shape index (κ3) is 2.98. The number of rotatable bonds is 3. The lowest BCUT2D eigenvalue weighted by Gasteiger charge is -2.15. The van der Waals surface area contributed by atoms with Crippen molar-refractivity contribution in [1.82, 2.24) is 19.7 Å². The summed E-state index contributed by atoms with van der Waals surface area (Å²) < 4.78 is 1.78. The number of hydrogen-bond donors (Lipinski definition) is 1. The van der Waals surface area contributed by atoms with E-state index in [4.69, 9.17) is 11.6 Å². The zero-order chi connectivity index (χ0) is 16.5. The van der Waals surface area contributed by atoms with Gasteiger partial charge in [-0.15, -0.1) is 0 Å². The molecule has 3 aromatic rings. The minimum Gasteiger partial charge on any atom is -0.391 e. The van der Waals surface area contributed by atoms with Crippen LogP contribution < -0.4 is 4.90 Å². The molecule has 1 fully saturated rings. The van der Waals surface area contributed by atoms with Crippen LogP contribution in [0.5, 0.6) is 0 Å². The normalized spacial score (nSPS) is 17.4. The topological polar surface area (TPSA) is 67.1 Å². The number of hydrogen-bond acceptors (Lipinski definition) is 5. The first-order valence-electron chi connectivity index (χ1n) is 7.76. The predicted molar refractivity (Wildman–Crippen MR) is 92.4 cm³/mol. The highest BCUT2D eigenvalue weighted by molar-refractivity contribution is 6.30. The summed E-state index contributed by atoms with van der Waals surface area (Å²) in [7, 11) is 0. The lowest BCUT2D eigenvalue weighted by atomic mass is 10.2. The molecule has 2 aromatic heterocycles. The van der Waals surface area contributed by atoms with Crippen molar-refractivity contribution in [3.63, 3.8) is 0 Å². The summed E-state index contributed by atoms with van der Waals surface area (Å²) in [6, 6.07) is 9.35. The van der Waals surface area contributed by atoms with E-state index in [1.54, 1.807) is 17.1 Å². The number of halogens is 1. The molecule has 1 atom stereocenters. The average Bonchev–Trinajstić information content (AvgIpc) is 3.25. The molecule has 0 bridgehead atoms. The second-order valence-electron chi connectivity index (χ2n) is 5.78. The maximum absolute atomic E-state index is 9.68. The molecule has 4 rings (SSSR count). The summed E-state index contributed by atoms with van der Waals surface area (Å²) in [5.41, 5.74) is 2.65. The Balaban J connectivity index is 1.61. The Morgan fingerprint density at radius 3 is 2.75 bits per heavy atom. The molecule has 0 unspecified atom stereocenters. The van der Waals surface area contributed by atoms with E-state index < -0.39 is 0 Å². The first kappa shape index (κ1) is 15.1. The molecule has 3 heterocycles. The Morgan fingerprint density at radius 1 is 1.17 bits per heavy atom. The molecule has 24 heavy (non-hydrogen) atoms. The number of aromatic nitrogens is 4. The van der Waals surface area contributed by atoms with E-state index in [1.807, 2.05) is 41.4 Å². The second-order valence-corrected chi connectivity index (χ2v) is 6.22. The van der Waals surface area contributed by atoms with Gasteiger partial charge in [-0.25, -0.2) is 14.6 Å². The van der Waals surface area contributed by atoms with E-state index >= 15 is 0 Å².